The number of carbonyl (C=O) groups is 4. The molecule has 256 valence electrons. The molecule has 10 aromatic rings. The second-order valence-electron chi connectivity index (χ2n) is 14.1. The number of carbonyl (C=O) groups excluding carboxylic acids is 4. The molecule has 3 aromatic heterocycles. The number of ketones is 4. The zero-order valence-corrected chi connectivity index (χ0v) is 30.7. The molecule has 3 heterocycles. The first-order valence-electron chi connectivity index (χ1n) is 17.5. The second-order valence-corrected chi connectivity index (χ2v) is 16.8. The Hall–Kier alpha value is -6.52. The van der Waals surface area contributed by atoms with Crippen molar-refractivity contribution >= 4 is 144 Å². The van der Waals surface area contributed by atoms with Gasteiger partial charge in [0.15, 0.2) is 23.1 Å². The maximum atomic E-state index is 13.8. The minimum Gasteiger partial charge on any atom is -0.288 e. The Morgan fingerprint density at radius 1 is 0.400 bits per heavy atom. The molecule has 0 spiro atoms. The number of nitrogens with zero attached hydrogens (tertiary/aromatic N) is 2. The zero-order valence-electron chi connectivity index (χ0n) is 28.3. The molecule has 0 fully saturated rings. The summed E-state index contributed by atoms with van der Waals surface area (Å²) in [5.74, 6) is -1.13. The Labute approximate surface area is 322 Å². The van der Waals surface area contributed by atoms with Crippen molar-refractivity contribution in [1.29, 1.82) is 0 Å². The predicted molar refractivity (Wildman–Crippen MR) is 224 cm³/mol. The van der Waals surface area contributed by atoms with E-state index in [9.17, 15) is 19.2 Å². The summed E-state index contributed by atoms with van der Waals surface area (Å²) in [6.07, 6.45) is 3.40. The fraction of sp³-hybridized carbons (Fsp3) is 0. The molecule has 2 aliphatic carbocycles. The lowest BCUT2D eigenvalue weighted by atomic mass is 9.99. The van der Waals surface area contributed by atoms with Crippen molar-refractivity contribution in [2.24, 2.45) is 0 Å². The van der Waals surface area contributed by atoms with Gasteiger partial charge in [0.1, 0.15) is 11.0 Å². The van der Waals surface area contributed by atoms with E-state index in [1.807, 2.05) is 84.9 Å². The topological polar surface area (TPSA) is 94.1 Å². The molecule has 9 heteroatoms. The van der Waals surface area contributed by atoms with Crippen molar-refractivity contribution < 1.29 is 19.2 Å². The van der Waals surface area contributed by atoms with Crippen LogP contribution in [0.5, 0.6) is 0 Å². The third-order valence-corrected chi connectivity index (χ3v) is 13.8. The molecule has 0 amide bonds. The number of benzene rings is 7. The van der Waals surface area contributed by atoms with Crippen molar-refractivity contribution in [3.05, 3.63) is 152 Å². The summed E-state index contributed by atoms with van der Waals surface area (Å²) in [6.45, 7) is 0. The number of rotatable bonds is 2. The first-order chi connectivity index (χ1) is 26.9. The lowest BCUT2D eigenvalue weighted by molar-refractivity contribution is 0.0975. The standard InChI is InChI=1S/C46H20N2O4S3/c49-41-31-13-25-9-21-5-1-2-6-22(21)10-26(25)14-32(31)42(50)37(41)19-29-17-35-39-40(48-55-47-39)36-18-30(54-46(36)45(35)53-29)20-38-43(51)33-15-27-11-23-7-3-4-8-24(23)12-28(27)16-34(33)44(38)52/h1-20H. The van der Waals surface area contributed by atoms with Crippen LogP contribution in [0.25, 0.3) is 86.4 Å². The van der Waals surface area contributed by atoms with Crippen molar-refractivity contribution in [1.82, 2.24) is 8.75 Å². The molecule has 0 saturated heterocycles. The highest BCUT2D eigenvalue weighted by Crippen LogP contribution is 2.45. The van der Waals surface area contributed by atoms with Crippen molar-refractivity contribution in [3.63, 3.8) is 0 Å². The van der Waals surface area contributed by atoms with Gasteiger partial charge in [0, 0.05) is 42.8 Å². The molecule has 6 nitrogen and oxygen atoms in total. The maximum absolute atomic E-state index is 13.8. The smallest absolute Gasteiger partial charge is 0.197 e. The Morgan fingerprint density at radius 3 is 1.05 bits per heavy atom. The van der Waals surface area contributed by atoms with Crippen LogP contribution in [0, 0.1) is 0 Å². The van der Waals surface area contributed by atoms with Crippen molar-refractivity contribution in [2.75, 3.05) is 0 Å². The van der Waals surface area contributed by atoms with E-state index in [0.29, 0.717) is 22.3 Å². The monoisotopic (exact) mass is 760 g/mol. The summed E-state index contributed by atoms with van der Waals surface area (Å²) in [6, 6.07) is 35.6. The molecule has 0 bridgehead atoms. The zero-order chi connectivity index (χ0) is 36.7. The van der Waals surface area contributed by atoms with Gasteiger partial charge < -0.3 is 0 Å². The number of allylic oxidation sites excluding steroid dienone is 2. The Bertz CT molecular complexity index is 3190. The van der Waals surface area contributed by atoms with Crippen LogP contribution in [0.2, 0.25) is 0 Å². The van der Waals surface area contributed by atoms with E-state index in [1.165, 1.54) is 22.7 Å². The van der Waals surface area contributed by atoms with E-state index in [2.05, 4.69) is 33.0 Å². The number of thiophene rings is 2. The minimum atomic E-state index is -0.281. The summed E-state index contributed by atoms with van der Waals surface area (Å²) in [5.41, 5.74) is 3.43. The number of fused-ring (bicyclic) bond motifs is 12. The van der Waals surface area contributed by atoms with Gasteiger partial charge in [0.2, 0.25) is 0 Å². The molecule has 55 heavy (non-hydrogen) atoms. The van der Waals surface area contributed by atoms with Crippen molar-refractivity contribution in [3.8, 4) is 0 Å². The van der Waals surface area contributed by atoms with Gasteiger partial charge in [-0.15, -0.1) is 22.7 Å². The molecule has 0 N–H and O–H groups in total. The van der Waals surface area contributed by atoms with E-state index >= 15 is 0 Å². The van der Waals surface area contributed by atoms with E-state index in [0.717, 1.165) is 95.8 Å². The molecular formula is C46H20N2O4S3. The number of aromatic nitrogens is 2. The van der Waals surface area contributed by atoms with Gasteiger partial charge in [-0.25, -0.2) is 0 Å². The second kappa shape index (κ2) is 11.0. The highest BCUT2D eigenvalue weighted by Gasteiger charge is 2.35. The molecular weight excluding hydrogens is 741 g/mol. The highest BCUT2D eigenvalue weighted by molar-refractivity contribution is 7.28. The van der Waals surface area contributed by atoms with Gasteiger partial charge in [-0.2, -0.15) is 8.75 Å². The van der Waals surface area contributed by atoms with Crippen LogP contribution in [0.1, 0.15) is 51.2 Å². The quantitative estimate of drug-likeness (QED) is 0.0989. The molecule has 12 rings (SSSR count). The lowest BCUT2D eigenvalue weighted by Gasteiger charge is -2.04. The summed E-state index contributed by atoms with van der Waals surface area (Å²) in [4.78, 5) is 56.6. The maximum Gasteiger partial charge on any atom is 0.197 e. The van der Waals surface area contributed by atoms with Crippen LogP contribution in [0.3, 0.4) is 0 Å². The Morgan fingerprint density at radius 2 is 0.727 bits per heavy atom. The summed E-state index contributed by atoms with van der Waals surface area (Å²) in [7, 11) is 0. The van der Waals surface area contributed by atoms with Gasteiger partial charge in [0.25, 0.3) is 0 Å². The first-order valence-corrected chi connectivity index (χ1v) is 19.9. The van der Waals surface area contributed by atoms with Crippen LogP contribution in [-0.4, -0.2) is 31.9 Å². The van der Waals surface area contributed by atoms with Gasteiger partial charge in [-0.05, 0) is 116 Å². The van der Waals surface area contributed by atoms with Gasteiger partial charge in [-0.3, -0.25) is 19.2 Å². The number of hydrogen-bond acceptors (Lipinski definition) is 9. The molecule has 2 aliphatic rings. The van der Waals surface area contributed by atoms with E-state index in [-0.39, 0.29) is 34.3 Å². The molecule has 0 aliphatic heterocycles. The van der Waals surface area contributed by atoms with E-state index in [1.54, 1.807) is 12.2 Å². The lowest BCUT2D eigenvalue weighted by Crippen LogP contribution is -1.99. The fourth-order valence-electron chi connectivity index (χ4n) is 8.26. The van der Waals surface area contributed by atoms with Crippen LogP contribution in [0.4, 0.5) is 0 Å². The Balaban J connectivity index is 0.950. The third kappa shape index (κ3) is 4.40. The average molecular weight is 761 g/mol. The molecule has 0 atom stereocenters. The highest BCUT2D eigenvalue weighted by atomic mass is 32.1. The summed E-state index contributed by atoms with van der Waals surface area (Å²) >= 11 is 4.08. The summed E-state index contributed by atoms with van der Waals surface area (Å²) in [5, 5.41) is 9.70. The molecule has 0 saturated carbocycles. The van der Waals surface area contributed by atoms with Crippen LogP contribution >= 0.6 is 34.4 Å². The minimum absolute atomic E-state index is 0.139. The largest absolute Gasteiger partial charge is 0.288 e. The number of hydrogen-bond donors (Lipinski definition) is 0. The Kier molecular flexibility index (Phi) is 6.19. The molecule has 0 radical (unpaired) electrons. The summed E-state index contributed by atoms with van der Waals surface area (Å²) < 4.78 is 11.1. The molecule has 7 aromatic carbocycles. The van der Waals surface area contributed by atoms with Crippen LogP contribution in [-0.2, 0) is 0 Å². The first kappa shape index (κ1) is 30.9. The van der Waals surface area contributed by atoms with Gasteiger partial charge in [-0.1, -0.05) is 48.5 Å². The number of Topliss-reactive ketones (excluding diaryl/α,β-unsaturated/α-hetero) is 4. The van der Waals surface area contributed by atoms with Gasteiger partial charge >= 0.3 is 0 Å². The molecule has 0 unspecified atom stereocenters. The third-order valence-electron chi connectivity index (χ3n) is 10.9. The van der Waals surface area contributed by atoms with Gasteiger partial charge in [0.05, 0.1) is 32.3 Å². The van der Waals surface area contributed by atoms with Crippen LogP contribution < -0.4 is 0 Å². The SMILES string of the molecule is O=C1C(=Cc2cc3c4nsnc4c4cc(C=C5C(=O)c6cc7cc8ccccc8cc7cc6C5=O)sc4c3s2)C(=O)c2cc3cc4ccccc4cc3cc21. The average Bonchev–Trinajstić information content (AvgIpc) is 4.02. The predicted octanol–water partition coefficient (Wildman–Crippen LogP) is 11.7. The van der Waals surface area contributed by atoms with Crippen LogP contribution in [0.15, 0.2) is 120 Å². The van der Waals surface area contributed by atoms with E-state index < -0.39 is 0 Å². The van der Waals surface area contributed by atoms with E-state index in [4.69, 9.17) is 0 Å². The normalized spacial score (nSPS) is 14.3. The fourth-order valence-corrected chi connectivity index (χ4v) is 11.2. The van der Waals surface area contributed by atoms with Crippen molar-refractivity contribution in [2.45, 2.75) is 0 Å².